The minimum absolute atomic E-state index is 0.00460. The van der Waals surface area contributed by atoms with Gasteiger partial charge in [0.05, 0.1) is 30.3 Å². The fourth-order valence-corrected chi connectivity index (χ4v) is 8.06. The quantitative estimate of drug-likeness (QED) is 0.147. The zero-order valence-corrected chi connectivity index (χ0v) is 29.8. The fourth-order valence-electron chi connectivity index (χ4n) is 6.86. The SMILES string of the molecule is Cc1ccc(S(=O)(=O)N[C@H](Cc2ccccc2)C(=O)Nc2ccc([C@@H]3O[C@H](CN4CCC[C@H]4CO)[C@H](C)[C@H](c4ccc(CO)cc4)O3)cc2)cc1. The maximum absolute atomic E-state index is 13.7. The minimum atomic E-state index is -3.98. The summed E-state index contributed by atoms with van der Waals surface area (Å²) in [5.74, 6) is -0.484. The first kappa shape index (κ1) is 36.8. The summed E-state index contributed by atoms with van der Waals surface area (Å²) in [6.07, 6.45) is 0.991. The second kappa shape index (κ2) is 16.6. The van der Waals surface area contributed by atoms with Crippen LogP contribution in [0.2, 0.25) is 0 Å². The molecule has 2 saturated heterocycles. The number of likely N-dealkylation sites (tertiary alicyclic amines) is 1. The summed E-state index contributed by atoms with van der Waals surface area (Å²) < 4.78 is 42.5. The summed E-state index contributed by atoms with van der Waals surface area (Å²) in [6.45, 7) is 5.63. The molecule has 0 radical (unpaired) electrons. The van der Waals surface area contributed by atoms with Gasteiger partial charge in [0.25, 0.3) is 0 Å². The highest BCUT2D eigenvalue weighted by Crippen LogP contribution is 2.42. The van der Waals surface area contributed by atoms with Crippen LogP contribution >= 0.6 is 0 Å². The Bertz CT molecular complexity index is 1840. The average Bonchev–Trinajstić information content (AvgIpc) is 3.60. The van der Waals surface area contributed by atoms with Crippen LogP contribution in [0.25, 0.3) is 0 Å². The molecule has 0 saturated carbocycles. The molecule has 0 aromatic heterocycles. The number of carbonyl (C=O) groups is 1. The van der Waals surface area contributed by atoms with Crippen LogP contribution in [0.5, 0.6) is 0 Å². The molecule has 2 heterocycles. The molecule has 6 rings (SSSR count). The molecule has 2 aliphatic heterocycles. The highest BCUT2D eigenvalue weighted by atomic mass is 32.2. The number of ether oxygens (including phenoxy) is 2. The molecular formula is C40H47N3O7S. The highest BCUT2D eigenvalue weighted by molar-refractivity contribution is 7.89. The number of aliphatic hydroxyl groups is 2. The Morgan fingerprint density at radius 3 is 2.24 bits per heavy atom. The second-order valence-corrected chi connectivity index (χ2v) is 15.3. The van der Waals surface area contributed by atoms with Crippen molar-refractivity contribution < 1.29 is 32.9 Å². The molecule has 4 N–H and O–H groups in total. The Hall–Kier alpha value is -3.94. The third kappa shape index (κ3) is 9.11. The lowest BCUT2D eigenvalue weighted by Crippen LogP contribution is -2.46. The average molecular weight is 714 g/mol. The van der Waals surface area contributed by atoms with Crippen LogP contribution in [-0.4, -0.2) is 67.3 Å². The summed E-state index contributed by atoms with van der Waals surface area (Å²) >= 11 is 0. The van der Waals surface area contributed by atoms with Gasteiger partial charge in [0.2, 0.25) is 15.9 Å². The first-order valence-corrected chi connectivity index (χ1v) is 19.0. The molecule has 2 aliphatic rings. The Balaban J connectivity index is 1.20. The van der Waals surface area contributed by atoms with Gasteiger partial charge >= 0.3 is 0 Å². The predicted octanol–water partition coefficient (Wildman–Crippen LogP) is 5.26. The van der Waals surface area contributed by atoms with Crippen LogP contribution in [0.3, 0.4) is 0 Å². The van der Waals surface area contributed by atoms with Gasteiger partial charge in [0, 0.05) is 29.8 Å². The monoisotopic (exact) mass is 713 g/mol. The molecule has 4 aromatic carbocycles. The van der Waals surface area contributed by atoms with E-state index in [2.05, 4.69) is 21.9 Å². The van der Waals surface area contributed by atoms with Crippen LogP contribution < -0.4 is 10.0 Å². The molecule has 51 heavy (non-hydrogen) atoms. The van der Waals surface area contributed by atoms with E-state index in [1.54, 1.807) is 24.3 Å². The van der Waals surface area contributed by atoms with Gasteiger partial charge in [0.15, 0.2) is 6.29 Å². The van der Waals surface area contributed by atoms with Gasteiger partial charge in [-0.2, -0.15) is 4.72 Å². The van der Waals surface area contributed by atoms with Gasteiger partial charge in [-0.1, -0.05) is 91.3 Å². The van der Waals surface area contributed by atoms with Crippen LogP contribution in [0.1, 0.15) is 60.0 Å². The molecular weight excluding hydrogens is 667 g/mol. The number of aryl methyl sites for hydroxylation is 1. The lowest BCUT2D eigenvalue weighted by molar-refractivity contribution is -0.276. The van der Waals surface area contributed by atoms with Gasteiger partial charge in [-0.3, -0.25) is 9.69 Å². The molecule has 0 bridgehead atoms. The Morgan fingerprint density at radius 1 is 0.882 bits per heavy atom. The number of anilines is 1. The summed E-state index contributed by atoms with van der Waals surface area (Å²) in [5.41, 5.74) is 4.81. The topological polar surface area (TPSA) is 137 Å². The minimum Gasteiger partial charge on any atom is -0.395 e. The number of nitrogens with zero attached hydrogens (tertiary/aromatic N) is 1. The van der Waals surface area contributed by atoms with E-state index in [1.165, 1.54) is 12.1 Å². The number of hydrogen-bond donors (Lipinski definition) is 4. The maximum Gasteiger partial charge on any atom is 0.242 e. The van der Waals surface area contributed by atoms with E-state index < -0.39 is 28.3 Å². The Labute approximate surface area is 300 Å². The van der Waals surface area contributed by atoms with E-state index in [0.717, 1.165) is 47.2 Å². The van der Waals surface area contributed by atoms with E-state index >= 15 is 0 Å². The lowest BCUT2D eigenvalue weighted by atomic mass is 9.90. The van der Waals surface area contributed by atoms with Crippen LogP contribution in [0.4, 0.5) is 5.69 Å². The molecule has 6 atom stereocenters. The third-order valence-corrected chi connectivity index (χ3v) is 11.4. The van der Waals surface area contributed by atoms with E-state index in [4.69, 9.17) is 9.47 Å². The van der Waals surface area contributed by atoms with Crippen molar-refractivity contribution in [1.29, 1.82) is 0 Å². The van der Waals surface area contributed by atoms with E-state index in [0.29, 0.717) is 12.2 Å². The van der Waals surface area contributed by atoms with Crippen molar-refractivity contribution in [2.75, 3.05) is 25.0 Å². The molecule has 0 unspecified atom stereocenters. The van der Waals surface area contributed by atoms with Crippen molar-refractivity contribution in [3.8, 4) is 0 Å². The van der Waals surface area contributed by atoms with Gasteiger partial charge in [-0.05, 0) is 73.7 Å². The first-order valence-electron chi connectivity index (χ1n) is 17.5. The number of sulfonamides is 1. The van der Waals surface area contributed by atoms with Gasteiger partial charge < -0.3 is 25.0 Å². The van der Waals surface area contributed by atoms with Crippen molar-refractivity contribution in [3.05, 3.63) is 131 Å². The summed E-state index contributed by atoms with van der Waals surface area (Å²) in [6, 6.07) is 29.8. The molecule has 0 aliphatic carbocycles. The maximum atomic E-state index is 13.7. The van der Waals surface area contributed by atoms with Crippen LogP contribution in [0, 0.1) is 12.8 Å². The molecule has 4 aromatic rings. The summed E-state index contributed by atoms with van der Waals surface area (Å²) in [7, 11) is -3.98. The molecule has 1 amide bonds. The van der Waals surface area contributed by atoms with Crippen LogP contribution in [0.15, 0.2) is 108 Å². The van der Waals surface area contributed by atoms with Crippen molar-refractivity contribution >= 4 is 21.6 Å². The Kier molecular flexibility index (Phi) is 12.0. The Morgan fingerprint density at radius 2 is 1.57 bits per heavy atom. The molecule has 0 spiro atoms. The number of carbonyl (C=O) groups excluding carboxylic acids is 1. The van der Waals surface area contributed by atoms with E-state index in [-0.39, 0.29) is 48.7 Å². The zero-order valence-electron chi connectivity index (χ0n) is 29.0. The predicted molar refractivity (Wildman–Crippen MR) is 195 cm³/mol. The number of rotatable bonds is 13. The molecule has 270 valence electrons. The zero-order chi connectivity index (χ0) is 36.0. The van der Waals surface area contributed by atoms with Crippen molar-refractivity contribution in [2.45, 2.75) is 75.2 Å². The molecule has 2 fully saturated rings. The van der Waals surface area contributed by atoms with E-state index in [1.807, 2.05) is 73.7 Å². The van der Waals surface area contributed by atoms with Gasteiger partial charge in [-0.15, -0.1) is 0 Å². The van der Waals surface area contributed by atoms with Gasteiger partial charge in [-0.25, -0.2) is 8.42 Å². The largest absolute Gasteiger partial charge is 0.395 e. The second-order valence-electron chi connectivity index (χ2n) is 13.6. The van der Waals surface area contributed by atoms with Crippen molar-refractivity contribution in [3.63, 3.8) is 0 Å². The fraction of sp³-hybridized carbons (Fsp3) is 0.375. The smallest absolute Gasteiger partial charge is 0.242 e. The van der Waals surface area contributed by atoms with Crippen LogP contribution in [-0.2, 0) is 37.3 Å². The molecule has 11 heteroatoms. The van der Waals surface area contributed by atoms with E-state index in [9.17, 15) is 23.4 Å². The number of benzene rings is 4. The van der Waals surface area contributed by atoms with Crippen molar-refractivity contribution in [1.82, 2.24) is 9.62 Å². The summed E-state index contributed by atoms with van der Waals surface area (Å²) in [4.78, 5) is 16.1. The van der Waals surface area contributed by atoms with Crippen molar-refractivity contribution in [2.24, 2.45) is 5.92 Å². The van der Waals surface area contributed by atoms with Gasteiger partial charge in [0.1, 0.15) is 6.04 Å². The normalized spacial score (nSPS) is 23.2. The first-order chi connectivity index (χ1) is 24.6. The summed E-state index contributed by atoms with van der Waals surface area (Å²) in [5, 5.41) is 22.4. The number of nitrogens with one attached hydrogen (secondary N) is 2. The standard InChI is InChI=1S/C40H47N3O7S/c1-27-10-20-35(21-11-27)51(47,48)42-36(23-29-7-4-3-5-8-29)39(46)41-33-18-16-32(17-19-33)40-49-37(24-43-22-6-9-34(43)26-45)28(2)38(50-40)31-14-12-30(25-44)13-15-31/h3-5,7-8,10-21,28,34,36-38,40,42,44-45H,6,9,22-26H2,1-2H3,(H,41,46)/t28-,34-,36+,37+,38+,40+/m0/s1. The lowest BCUT2D eigenvalue weighted by Gasteiger charge is -2.43. The molecule has 10 nitrogen and oxygen atoms in total. The number of amides is 1. The number of hydrogen-bond acceptors (Lipinski definition) is 8. The number of aliphatic hydroxyl groups excluding tert-OH is 2. The highest BCUT2D eigenvalue weighted by Gasteiger charge is 2.40. The third-order valence-electron chi connectivity index (χ3n) is 9.93.